The van der Waals surface area contributed by atoms with E-state index in [4.69, 9.17) is 4.74 Å². The molecule has 2 rings (SSSR count). The molecule has 0 aromatic heterocycles. The maximum atomic E-state index is 12.9. The number of hydrogen-bond donors (Lipinski definition) is 0. The zero-order chi connectivity index (χ0) is 17.5. The van der Waals surface area contributed by atoms with Gasteiger partial charge in [0.1, 0.15) is 6.10 Å². The number of fused-ring (bicyclic) bond motifs is 2. The molecule has 0 heterocycles. The fourth-order valence-electron chi connectivity index (χ4n) is 4.73. The second kappa shape index (κ2) is 6.20. The van der Waals surface area contributed by atoms with Gasteiger partial charge in [-0.05, 0) is 30.6 Å². The molecular formula is C17H29NO4S. The second-order valence-electron chi connectivity index (χ2n) is 7.32. The first-order chi connectivity index (χ1) is 10.6. The first-order valence-electron chi connectivity index (χ1n) is 8.45. The Balaban J connectivity index is 2.36. The summed E-state index contributed by atoms with van der Waals surface area (Å²) in [6.07, 6.45) is 3.36. The third-order valence-corrected chi connectivity index (χ3v) is 8.50. The average molecular weight is 343 g/mol. The predicted octanol–water partition coefficient (Wildman–Crippen LogP) is 2.58. The Bertz CT molecular complexity index is 579. The maximum Gasteiger partial charge on any atom is 0.330 e. The van der Waals surface area contributed by atoms with Gasteiger partial charge in [-0.2, -0.15) is 0 Å². The van der Waals surface area contributed by atoms with E-state index in [0.29, 0.717) is 19.0 Å². The van der Waals surface area contributed by atoms with Crippen LogP contribution in [0, 0.1) is 16.7 Å². The van der Waals surface area contributed by atoms with Gasteiger partial charge in [-0.3, -0.25) is 0 Å². The van der Waals surface area contributed by atoms with Gasteiger partial charge in [0.15, 0.2) is 0 Å². The summed E-state index contributed by atoms with van der Waals surface area (Å²) in [5.41, 5.74) is -0.656. The summed E-state index contributed by atoms with van der Waals surface area (Å²) in [5.74, 6) is -0.00438. The van der Waals surface area contributed by atoms with E-state index in [1.165, 1.54) is 4.31 Å². The molecule has 0 N–H and O–H groups in total. The van der Waals surface area contributed by atoms with Crippen molar-refractivity contribution in [3.05, 3.63) is 12.7 Å². The zero-order valence-corrected chi connectivity index (χ0v) is 15.5. The highest BCUT2D eigenvalue weighted by Gasteiger charge is 2.66. The minimum Gasteiger partial charge on any atom is -0.459 e. The van der Waals surface area contributed by atoms with Gasteiger partial charge in [0.05, 0.1) is 5.75 Å². The molecule has 2 aliphatic rings. The van der Waals surface area contributed by atoms with E-state index in [1.54, 1.807) is 0 Å². The number of sulfonamides is 1. The van der Waals surface area contributed by atoms with Crippen LogP contribution in [-0.2, 0) is 19.6 Å². The first kappa shape index (κ1) is 18.5. The Morgan fingerprint density at radius 1 is 1.35 bits per heavy atom. The van der Waals surface area contributed by atoms with Gasteiger partial charge >= 0.3 is 5.97 Å². The summed E-state index contributed by atoms with van der Waals surface area (Å²) < 4.78 is 32.9. The average Bonchev–Trinajstić information content (AvgIpc) is 2.82. The lowest BCUT2D eigenvalue weighted by Crippen LogP contribution is -2.49. The van der Waals surface area contributed by atoms with Crippen molar-refractivity contribution in [2.24, 2.45) is 16.7 Å². The first-order valence-corrected chi connectivity index (χ1v) is 10.1. The Hall–Kier alpha value is -0.880. The van der Waals surface area contributed by atoms with Crippen LogP contribution in [0.5, 0.6) is 0 Å². The van der Waals surface area contributed by atoms with Crippen LogP contribution in [0.15, 0.2) is 12.7 Å². The van der Waals surface area contributed by atoms with Gasteiger partial charge in [-0.15, -0.1) is 0 Å². The van der Waals surface area contributed by atoms with Crippen LogP contribution < -0.4 is 0 Å². The van der Waals surface area contributed by atoms with Gasteiger partial charge in [0.25, 0.3) is 0 Å². The topological polar surface area (TPSA) is 63.7 Å². The van der Waals surface area contributed by atoms with Gasteiger partial charge < -0.3 is 4.74 Å². The predicted molar refractivity (Wildman–Crippen MR) is 90.3 cm³/mol. The van der Waals surface area contributed by atoms with E-state index in [1.807, 2.05) is 13.8 Å². The van der Waals surface area contributed by atoms with Crippen molar-refractivity contribution in [2.75, 3.05) is 18.8 Å². The number of ether oxygens (including phenoxy) is 1. The molecule has 132 valence electrons. The molecule has 6 heteroatoms. The van der Waals surface area contributed by atoms with Crippen molar-refractivity contribution in [1.82, 2.24) is 4.31 Å². The van der Waals surface area contributed by atoms with Crippen molar-refractivity contribution in [3.8, 4) is 0 Å². The quantitative estimate of drug-likeness (QED) is 0.526. The Labute approximate surface area is 140 Å². The summed E-state index contributed by atoms with van der Waals surface area (Å²) in [7, 11) is -3.38. The van der Waals surface area contributed by atoms with Gasteiger partial charge in [0, 0.05) is 24.6 Å². The minimum atomic E-state index is -3.38. The van der Waals surface area contributed by atoms with Crippen LogP contribution in [0.4, 0.5) is 0 Å². The SMILES string of the molecule is C=CC(=O)O[C@@H]1C[C@H]2CC[C@]1(CS(=O)(=O)N(CC)CC)C2(C)C. The fraction of sp³-hybridized carbons (Fsp3) is 0.824. The Morgan fingerprint density at radius 2 is 1.96 bits per heavy atom. The van der Waals surface area contributed by atoms with E-state index in [2.05, 4.69) is 20.4 Å². The van der Waals surface area contributed by atoms with Gasteiger partial charge in [0.2, 0.25) is 10.0 Å². The number of esters is 1. The van der Waals surface area contributed by atoms with E-state index >= 15 is 0 Å². The molecule has 0 aromatic carbocycles. The molecule has 0 aliphatic heterocycles. The fourth-order valence-corrected chi connectivity index (χ4v) is 7.05. The van der Waals surface area contributed by atoms with E-state index in [9.17, 15) is 13.2 Å². The van der Waals surface area contributed by atoms with E-state index in [-0.39, 0.29) is 17.3 Å². The molecule has 23 heavy (non-hydrogen) atoms. The third kappa shape index (κ3) is 2.84. The second-order valence-corrected chi connectivity index (χ2v) is 9.29. The molecule has 2 bridgehead atoms. The molecule has 0 spiro atoms. The van der Waals surface area contributed by atoms with Crippen LogP contribution in [0.2, 0.25) is 0 Å². The van der Waals surface area contributed by atoms with Crippen molar-refractivity contribution in [2.45, 2.75) is 53.1 Å². The molecular weight excluding hydrogens is 314 g/mol. The van der Waals surface area contributed by atoms with E-state index in [0.717, 1.165) is 25.3 Å². The third-order valence-electron chi connectivity index (χ3n) is 6.32. The minimum absolute atomic E-state index is 0.0558. The lowest BCUT2D eigenvalue weighted by Gasteiger charge is -2.42. The smallest absolute Gasteiger partial charge is 0.330 e. The van der Waals surface area contributed by atoms with E-state index < -0.39 is 21.4 Å². The lowest BCUT2D eigenvalue weighted by molar-refractivity contribution is -0.150. The van der Waals surface area contributed by atoms with Crippen LogP contribution >= 0.6 is 0 Å². The van der Waals surface area contributed by atoms with Gasteiger partial charge in [-0.25, -0.2) is 17.5 Å². The van der Waals surface area contributed by atoms with Gasteiger partial charge in [-0.1, -0.05) is 34.3 Å². The molecule has 0 aromatic rings. The summed E-state index contributed by atoms with van der Waals surface area (Å²) in [6.45, 7) is 12.4. The number of rotatable bonds is 7. The van der Waals surface area contributed by atoms with Crippen molar-refractivity contribution < 1.29 is 17.9 Å². The maximum absolute atomic E-state index is 12.9. The summed E-state index contributed by atoms with van der Waals surface area (Å²) in [6, 6.07) is 0. The number of hydrogen-bond acceptors (Lipinski definition) is 4. The van der Waals surface area contributed by atoms with Crippen molar-refractivity contribution in [3.63, 3.8) is 0 Å². The van der Waals surface area contributed by atoms with Crippen LogP contribution in [0.3, 0.4) is 0 Å². The molecule has 0 saturated heterocycles. The highest BCUT2D eigenvalue weighted by molar-refractivity contribution is 7.89. The van der Waals surface area contributed by atoms with Crippen LogP contribution in [-0.4, -0.2) is 43.6 Å². The zero-order valence-electron chi connectivity index (χ0n) is 14.7. The number of carbonyl (C=O) groups excluding carboxylic acids is 1. The van der Waals surface area contributed by atoms with Crippen molar-refractivity contribution in [1.29, 1.82) is 0 Å². The molecule has 2 saturated carbocycles. The molecule has 3 atom stereocenters. The lowest BCUT2D eigenvalue weighted by atomic mass is 9.69. The van der Waals surface area contributed by atoms with Crippen LogP contribution in [0.25, 0.3) is 0 Å². The largest absolute Gasteiger partial charge is 0.459 e. The monoisotopic (exact) mass is 343 g/mol. The van der Waals surface area contributed by atoms with Crippen molar-refractivity contribution >= 4 is 16.0 Å². The molecule has 5 nitrogen and oxygen atoms in total. The molecule has 0 amide bonds. The Morgan fingerprint density at radius 3 is 2.43 bits per heavy atom. The molecule has 0 radical (unpaired) electrons. The number of nitrogens with zero attached hydrogens (tertiary/aromatic N) is 1. The summed E-state index contributed by atoms with van der Waals surface area (Å²) in [4.78, 5) is 11.7. The summed E-state index contributed by atoms with van der Waals surface area (Å²) in [5, 5.41) is 0. The summed E-state index contributed by atoms with van der Waals surface area (Å²) >= 11 is 0. The van der Waals surface area contributed by atoms with Crippen LogP contribution in [0.1, 0.15) is 47.0 Å². The number of carbonyl (C=O) groups is 1. The Kier molecular flexibility index (Phi) is 4.98. The standard InChI is InChI=1S/C17H29NO4S/c1-6-15(19)22-14-11-13-9-10-17(14,16(13,4)5)12-23(20,21)18(7-2)8-3/h6,13-14H,1,7-12H2,2-5H3/t13-,14-,17-/m1/s1. The normalized spacial score (nSPS) is 32.2. The molecule has 2 fully saturated rings. The highest BCUT2D eigenvalue weighted by Crippen LogP contribution is 2.67. The molecule has 0 unspecified atom stereocenters. The molecule has 2 aliphatic carbocycles. The highest BCUT2D eigenvalue weighted by atomic mass is 32.2.